The Balaban J connectivity index is 2.26. The van der Waals surface area contributed by atoms with Crippen molar-refractivity contribution in [2.24, 2.45) is 5.73 Å². The van der Waals surface area contributed by atoms with Gasteiger partial charge in [0.2, 0.25) is 0 Å². The van der Waals surface area contributed by atoms with E-state index in [0.717, 1.165) is 5.56 Å². The fraction of sp³-hybridized carbons (Fsp3) is 0.0667. The smallest absolute Gasteiger partial charge is 0.255 e. The van der Waals surface area contributed by atoms with E-state index in [2.05, 4.69) is 5.32 Å². The zero-order valence-corrected chi connectivity index (χ0v) is 13.4. The van der Waals surface area contributed by atoms with E-state index in [1.807, 2.05) is 6.92 Å². The van der Waals surface area contributed by atoms with Gasteiger partial charge in [0.15, 0.2) is 0 Å². The van der Waals surface area contributed by atoms with Crippen molar-refractivity contribution in [2.45, 2.75) is 6.92 Å². The molecule has 0 saturated carbocycles. The van der Waals surface area contributed by atoms with Crippen molar-refractivity contribution in [2.75, 3.05) is 5.32 Å². The van der Waals surface area contributed by atoms with Crippen LogP contribution in [0, 0.1) is 6.92 Å². The molecular weight excluding hydrogens is 327 g/mol. The first-order valence-electron chi connectivity index (χ1n) is 6.06. The van der Waals surface area contributed by atoms with Gasteiger partial charge < -0.3 is 11.1 Å². The molecule has 1 amide bonds. The van der Waals surface area contributed by atoms with E-state index in [0.29, 0.717) is 26.9 Å². The van der Waals surface area contributed by atoms with Crippen LogP contribution in [0.5, 0.6) is 0 Å². The largest absolute Gasteiger partial charge is 0.389 e. The lowest BCUT2D eigenvalue weighted by Crippen LogP contribution is -2.14. The third-order valence-electron chi connectivity index (χ3n) is 2.95. The molecule has 0 aromatic heterocycles. The molecule has 3 N–H and O–H groups in total. The highest BCUT2D eigenvalue weighted by Crippen LogP contribution is 2.33. The average Bonchev–Trinajstić information content (AvgIpc) is 2.47. The number of hydrogen-bond acceptors (Lipinski definition) is 2. The summed E-state index contributed by atoms with van der Waals surface area (Å²) in [5, 5.41) is 3.53. The highest BCUT2D eigenvalue weighted by molar-refractivity contribution is 7.80. The molecule has 2 aromatic rings. The Hall–Kier alpha value is -1.62. The van der Waals surface area contributed by atoms with Crippen LogP contribution in [0.1, 0.15) is 21.5 Å². The van der Waals surface area contributed by atoms with Crippen LogP contribution in [-0.2, 0) is 0 Å². The van der Waals surface area contributed by atoms with E-state index >= 15 is 0 Å². The number of nitrogens with two attached hydrogens (primary N) is 1. The Kier molecular flexibility index (Phi) is 4.83. The van der Waals surface area contributed by atoms with Crippen molar-refractivity contribution in [3.05, 3.63) is 63.1 Å². The number of hydrogen-bond donors (Lipinski definition) is 2. The minimum atomic E-state index is -0.307. The zero-order valence-electron chi connectivity index (χ0n) is 11.1. The molecule has 0 spiro atoms. The van der Waals surface area contributed by atoms with Gasteiger partial charge in [0, 0.05) is 11.1 Å². The van der Waals surface area contributed by atoms with Crippen molar-refractivity contribution in [3.63, 3.8) is 0 Å². The number of amides is 1. The van der Waals surface area contributed by atoms with Crippen LogP contribution in [0.2, 0.25) is 10.0 Å². The standard InChI is InChI=1S/C15H12Cl2N2OS/c1-8-2-7-11(16)13(12(8)17)19-15(20)10-5-3-9(4-6-10)14(18)21/h2-7H,1H3,(H2,18,21)(H,19,20). The lowest BCUT2D eigenvalue weighted by molar-refractivity contribution is 0.102. The first-order valence-corrected chi connectivity index (χ1v) is 7.22. The molecule has 0 radical (unpaired) electrons. The second kappa shape index (κ2) is 6.43. The number of carbonyl (C=O) groups is 1. The van der Waals surface area contributed by atoms with E-state index in [-0.39, 0.29) is 10.9 Å². The summed E-state index contributed by atoms with van der Waals surface area (Å²) in [7, 11) is 0. The lowest BCUT2D eigenvalue weighted by Gasteiger charge is -2.11. The third kappa shape index (κ3) is 3.53. The summed E-state index contributed by atoms with van der Waals surface area (Å²) in [6.45, 7) is 1.84. The molecule has 108 valence electrons. The SMILES string of the molecule is Cc1ccc(Cl)c(NC(=O)c2ccc(C(N)=S)cc2)c1Cl. The predicted molar refractivity (Wildman–Crippen MR) is 91.5 cm³/mol. The fourth-order valence-electron chi connectivity index (χ4n) is 1.74. The molecule has 3 nitrogen and oxygen atoms in total. The summed E-state index contributed by atoms with van der Waals surface area (Å²) in [5.74, 6) is -0.307. The maximum atomic E-state index is 12.2. The van der Waals surface area contributed by atoms with Gasteiger partial charge in [-0.05, 0) is 30.7 Å². The van der Waals surface area contributed by atoms with E-state index in [4.69, 9.17) is 41.2 Å². The van der Waals surface area contributed by atoms with Crippen LogP contribution < -0.4 is 11.1 Å². The second-order valence-corrected chi connectivity index (χ2v) is 5.67. The Morgan fingerprint density at radius 1 is 1.10 bits per heavy atom. The topological polar surface area (TPSA) is 55.1 Å². The van der Waals surface area contributed by atoms with Gasteiger partial charge in [-0.25, -0.2) is 0 Å². The Labute approximate surface area is 138 Å². The molecule has 0 heterocycles. The van der Waals surface area contributed by atoms with Crippen LogP contribution in [0.3, 0.4) is 0 Å². The molecule has 0 aliphatic carbocycles. The molecule has 0 fully saturated rings. The minimum absolute atomic E-state index is 0.284. The molecular formula is C15H12Cl2N2OS. The van der Waals surface area contributed by atoms with E-state index in [1.54, 1.807) is 36.4 Å². The van der Waals surface area contributed by atoms with Crippen molar-refractivity contribution in [1.29, 1.82) is 0 Å². The maximum absolute atomic E-state index is 12.2. The van der Waals surface area contributed by atoms with Gasteiger partial charge >= 0.3 is 0 Å². The number of carbonyl (C=O) groups excluding carboxylic acids is 1. The number of anilines is 1. The maximum Gasteiger partial charge on any atom is 0.255 e. The van der Waals surface area contributed by atoms with Crippen molar-refractivity contribution >= 4 is 52.0 Å². The average molecular weight is 339 g/mol. The summed E-state index contributed by atoms with van der Waals surface area (Å²) >= 11 is 17.1. The molecule has 6 heteroatoms. The molecule has 0 aliphatic heterocycles. The Morgan fingerprint density at radius 3 is 2.24 bits per heavy atom. The number of rotatable bonds is 3. The number of aryl methyl sites for hydroxylation is 1. The van der Waals surface area contributed by atoms with Gasteiger partial charge in [-0.15, -0.1) is 0 Å². The number of thiocarbonyl (C=S) groups is 1. The van der Waals surface area contributed by atoms with Gasteiger partial charge in [0.1, 0.15) is 4.99 Å². The molecule has 0 bridgehead atoms. The van der Waals surface area contributed by atoms with Gasteiger partial charge in [-0.2, -0.15) is 0 Å². The molecule has 2 aromatic carbocycles. The van der Waals surface area contributed by atoms with Crippen molar-refractivity contribution in [1.82, 2.24) is 0 Å². The second-order valence-electron chi connectivity index (χ2n) is 4.45. The lowest BCUT2D eigenvalue weighted by atomic mass is 10.1. The normalized spacial score (nSPS) is 10.2. The summed E-state index contributed by atoms with van der Waals surface area (Å²) in [4.78, 5) is 12.5. The Bertz CT molecular complexity index is 714. The summed E-state index contributed by atoms with van der Waals surface area (Å²) < 4.78 is 0. The fourth-order valence-corrected chi connectivity index (χ4v) is 2.34. The minimum Gasteiger partial charge on any atom is -0.389 e. The Morgan fingerprint density at radius 2 is 1.67 bits per heavy atom. The number of benzene rings is 2. The number of nitrogens with one attached hydrogen (secondary N) is 1. The van der Waals surface area contributed by atoms with Crippen LogP contribution in [0.15, 0.2) is 36.4 Å². The molecule has 0 unspecified atom stereocenters. The highest BCUT2D eigenvalue weighted by atomic mass is 35.5. The summed E-state index contributed by atoms with van der Waals surface area (Å²) in [6.07, 6.45) is 0. The predicted octanol–water partition coefficient (Wildman–Crippen LogP) is 4.19. The zero-order chi connectivity index (χ0) is 15.6. The van der Waals surface area contributed by atoms with Gasteiger partial charge in [-0.1, -0.05) is 53.6 Å². The molecule has 0 atom stereocenters. The monoisotopic (exact) mass is 338 g/mol. The van der Waals surface area contributed by atoms with E-state index in [1.165, 1.54) is 0 Å². The van der Waals surface area contributed by atoms with Gasteiger partial charge in [0.25, 0.3) is 5.91 Å². The number of halogens is 2. The summed E-state index contributed by atoms with van der Waals surface area (Å²) in [6, 6.07) is 10.1. The summed E-state index contributed by atoms with van der Waals surface area (Å²) in [5.41, 5.74) is 7.92. The van der Waals surface area contributed by atoms with Gasteiger partial charge in [-0.3, -0.25) is 4.79 Å². The quantitative estimate of drug-likeness (QED) is 0.825. The molecule has 21 heavy (non-hydrogen) atoms. The van der Waals surface area contributed by atoms with Crippen LogP contribution in [-0.4, -0.2) is 10.9 Å². The van der Waals surface area contributed by atoms with E-state index in [9.17, 15) is 4.79 Å². The first kappa shape index (κ1) is 15.8. The van der Waals surface area contributed by atoms with Crippen molar-refractivity contribution in [3.8, 4) is 0 Å². The molecule has 0 saturated heterocycles. The van der Waals surface area contributed by atoms with Crippen molar-refractivity contribution < 1.29 is 4.79 Å². The van der Waals surface area contributed by atoms with Crippen LogP contribution >= 0.6 is 35.4 Å². The molecule has 2 rings (SSSR count). The molecule has 0 aliphatic rings. The highest BCUT2D eigenvalue weighted by Gasteiger charge is 2.13. The van der Waals surface area contributed by atoms with E-state index < -0.39 is 0 Å². The van der Waals surface area contributed by atoms with Crippen LogP contribution in [0.4, 0.5) is 5.69 Å². The van der Waals surface area contributed by atoms with Crippen LogP contribution in [0.25, 0.3) is 0 Å². The van der Waals surface area contributed by atoms with Gasteiger partial charge in [0.05, 0.1) is 15.7 Å². The first-order chi connectivity index (χ1) is 9.90. The third-order valence-corrected chi connectivity index (χ3v) is 3.99.